The Morgan fingerprint density at radius 2 is 2.05 bits per heavy atom. The molecule has 2 heterocycles. The quantitative estimate of drug-likeness (QED) is 0.928. The van der Waals surface area contributed by atoms with E-state index < -0.39 is 0 Å². The van der Waals surface area contributed by atoms with E-state index in [1.807, 2.05) is 4.68 Å². The second kappa shape index (κ2) is 6.93. The van der Waals surface area contributed by atoms with Gasteiger partial charge >= 0.3 is 0 Å². The molecule has 0 spiro atoms. The molecular formula is C17H30N4. The summed E-state index contributed by atoms with van der Waals surface area (Å²) in [6, 6.07) is 2.93. The molecule has 1 aromatic heterocycles. The molecule has 1 aromatic rings. The van der Waals surface area contributed by atoms with Crippen LogP contribution in [0.4, 0.5) is 0 Å². The van der Waals surface area contributed by atoms with Crippen LogP contribution in [0.1, 0.15) is 49.9 Å². The van der Waals surface area contributed by atoms with Gasteiger partial charge in [0.2, 0.25) is 0 Å². The molecule has 2 fully saturated rings. The van der Waals surface area contributed by atoms with Crippen LogP contribution in [-0.4, -0.2) is 40.4 Å². The van der Waals surface area contributed by atoms with Gasteiger partial charge in [-0.1, -0.05) is 19.3 Å². The summed E-state index contributed by atoms with van der Waals surface area (Å²) in [5, 5.41) is 8.31. The van der Waals surface area contributed by atoms with E-state index in [-0.39, 0.29) is 0 Å². The summed E-state index contributed by atoms with van der Waals surface area (Å²) in [6.07, 6.45) is 8.43. The van der Waals surface area contributed by atoms with Crippen LogP contribution in [0, 0.1) is 12.8 Å². The Kier molecular flexibility index (Phi) is 4.96. The number of rotatable bonds is 3. The summed E-state index contributed by atoms with van der Waals surface area (Å²) >= 11 is 0. The van der Waals surface area contributed by atoms with Crippen molar-refractivity contribution in [3.63, 3.8) is 0 Å². The maximum Gasteiger partial charge on any atom is 0.0597 e. The highest BCUT2D eigenvalue weighted by Crippen LogP contribution is 2.27. The summed E-state index contributed by atoms with van der Waals surface area (Å²) < 4.78 is 2.04. The van der Waals surface area contributed by atoms with Gasteiger partial charge in [0.05, 0.1) is 11.4 Å². The molecular weight excluding hydrogens is 260 g/mol. The highest BCUT2D eigenvalue weighted by Gasteiger charge is 2.27. The third-order valence-electron chi connectivity index (χ3n) is 5.22. The molecule has 1 aliphatic carbocycles. The Hall–Kier alpha value is -0.870. The molecule has 4 heteroatoms. The third kappa shape index (κ3) is 3.86. The van der Waals surface area contributed by atoms with Gasteiger partial charge in [0.15, 0.2) is 0 Å². The largest absolute Gasteiger partial charge is 0.312 e. The van der Waals surface area contributed by atoms with Crippen LogP contribution in [0.25, 0.3) is 0 Å². The highest BCUT2D eigenvalue weighted by atomic mass is 15.3. The van der Waals surface area contributed by atoms with Gasteiger partial charge < -0.3 is 5.32 Å². The lowest BCUT2D eigenvalue weighted by Crippen LogP contribution is -2.43. The maximum atomic E-state index is 4.48. The van der Waals surface area contributed by atoms with E-state index in [0.717, 1.165) is 18.2 Å². The van der Waals surface area contributed by atoms with Crippen LogP contribution < -0.4 is 5.32 Å². The monoisotopic (exact) mass is 290 g/mol. The average Bonchev–Trinajstić information content (AvgIpc) is 2.68. The Bertz CT molecular complexity index is 448. The predicted octanol–water partition coefficient (Wildman–Crippen LogP) is 2.47. The van der Waals surface area contributed by atoms with Crippen LogP contribution in [0.5, 0.6) is 0 Å². The number of hydrogen-bond acceptors (Lipinski definition) is 3. The molecule has 1 N–H and O–H groups in total. The molecule has 4 nitrogen and oxygen atoms in total. The van der Waals surface area contributed by atoms with Gasteiger partial charge in [-0.2, -0.15) is 5.10 Å². The van der Waals surface area contributed by atoms with Crippen LogP contribution in [-0.2, 0) is 13.6 Å². The predicted molar refractivity (Wildman–Crippen MR) is 86.2 cm³/mol. The lowest BCUT2D eigenvalue weighted by atomic mass is 9.83. The van der Waals surface area contributed by atoms with E-state index in [2.05, 4.69) is 35.4 Å². The van der Waals surface area contributed by atoms with Crippen molar-refractivity contribution in [3.8, 4) is 0 Å². The first kappa shape index (κ1) is 15.0. The van der Waals surface area contributed by atoms with Crippen molar-refractivity contribution < 1.29 is 0 Å². The second-order valence-corrected chi connectivity index (χ2v) is 6.95. The minimum Gasteiger partial charge on any atom is -0.312 e. The topological polar surface area (TPSA) is 33.1 Å². The van der Waals surface area contributed by atoms with Crippen molar-refractivity contribution in [3.05, 3.63) is 17.5 Å². The van der Waals surface area contributed by atoms with E-state index in [0.29, 0.717) is 6.04 Å². The van der Waals surface area contributed by atoms with E-state index in [9.17, 15) is 0 Å². The Labute approximate surface area is 128 Å². The van der Waals surface area contributed by atoms with Crippen molar-refractivity contribution in [2.24, 2.45) is 13.0 Å². The minimum atomic E-state index is 0.696. The van der Waals surface area contributed by atoms with Crippen LogP contribution in [0.15, 0.2) is 6.07 Å². The summed E-state index contributed by atoms with van der Waals surface area (Å²) in [4.78, 5) is 2.63. The van der Waals surface area contributed by atoms with Crippen molar-refractivity contribution in [2.45, 2.75) is 58.0 Å². The molecule has 0 aromatic carbocycles. The molecule has 1 saturated heterocycles. The lowest BCUT2D eigenvalue weighted by Gasteiger charge is -2.32. The minimum absolute atomic E-state index is 0.696. The van der Waals surface area contributed by atoms with E-state index in [1.54, 1.807) is 0 Å². The molecule has 1 saturated carbocycles. The van der Waals surface area contributed by atoms with Crippen molar-refractivity contribution >= 4 is 0 Å². The maximum absolute atomic E-state index is 4.48. The Morgan fingerprint density at radius 1 is 1.24 bits per heavy atom. The molecule has 0 amide bonds. The fourth-order valence-electron chi connectivity index (χ4n) is 4.06. The van der Waals surface area contributed by atoms with Gasteiger partial charge in [-0.15, -0.1) is 0 Å². The zero-order valence-corrected chi connectivity index (χ0v) is 13.6. The smallest absolute Gasteiger partial charge is 0.0597 e. The standard InChI is InChI=1S/C17H30N4/c1-14-11-16(20(2)19-14)12-21-10-6-9-18-17(13-21)15-7-4-3-5-8-15/h11,15,17-18H,3-10,12-13H2,1-2H3. The van der Waals surface area contributed by atoms with Gasteiger partial charge in [0.25, 0.3) is 0 Å². The van der Waals surface area contributed by atoms with Gasteiger partial charge in [0, 0.05) is 26.2 Å². The first-order chi connectivity index (χ1) is 10.2. The van der Waals surface area contributed by atoms with Crippen molar-refractivity contribution in [1.82, 2.24) is 20.0 Å². The SMILES string of the molecule is Cc1cc(CN2CCCNC(C3CCCCC3)C2)n(C)n1. The van der Waals surface area contributed by atoms with Crippen LogP contribution in [0.3, 0.4) is 0 Å². The van der Waals surface area contributed by atoms with E-state index in [1.165, 1.54) is 63.9 Å². The number of nitrogens with one attached hydrogen (secondary N) is 1. The molecule has 0 radical (unpaired) electrons. The van der Waals surface area contributed by atoms with Gasteiger partial charge in [-0.25, -0.2) is 0 Å². The first-order valence-electron chi connectivity index (χ1n) is 8.67. The molecule has 3 rings (SSSR count). The lowest BCUT2D eigenvalue weighted by molar-refractivity contribution is 0.198. The summed E-state index contributed by atoms with van der Waals surface area (Å²) in [7, 11) is 2.07. The molecule has 1 unspecified atom stereocenters. The molecule has 1 atom stereocenters. The van der Waals surface area contributed by atoms with Crippen molar-refractivity contribution in [2.75, 3.05) is 19.6 Å². The van der Waals surface area contributed by atoms with Gasteiger partial charge in [-0.05, 0) is 51.3 Å². The Morgan fingerprint density at radius 3 is 2.76 bits per heavy atom. The average molecular weight is 290 g/mol. The Balaban J connectivity index is 1.63. The summed E-state index contributed by atoms with van der Waals surface area (Å²) in [5.41, 5.74) is 2.47. The normalized spacial score (nSPS) is 25.9. The zero-order valence-electron chi connectivity index (χ0n) is 13.6. The summed E-state index contributed by atoms with van der Waals surface area (Å²) in [6.45, 7) is 6.72. The number of nitrogens with zero attached hydrogens (tertiary/aromatic N) is 3. The highest BCUT2D eigenvalue weighted by molar-refractivity contribution is 5.08. The fraction of sp³-hybridized carbons (Fsp3) is 0.824. The second-order valence-electron chi connectivity index (χ2n) is 6.95. The number of aromatic nitrogens is 2. The fourth-order valence-corrected chi connectivity index (χ4v) is 4.06. The molecule has 0 bridgehead atoms. The van der Waals surface area contributed by atoms with E-state index in [4.69, 9.17) is 0 Å². The van der Waals surface area contributed by atoms with Crippen LogP contribution >= 0.6 is 0 Å². The molecule has 118 valence electrons. The third-order valence-corrected chi connectivity index (χ3v) is 5.22. The summed E-state index contributed by atoms with van der Waals surface area (Å²) in [5.74, 6) is 0.896. The van der Waals surface area contributed by atoms with Gasteiger partial charge in [-0.3, -0.25) is 9.58 Å². The van der Waals surface area contributed by atoms with E-state index >= 15 is 0 Å². The van der Waals surface area contributed by atoms with Crippen molar-refractivity contribution in [1.29, 1.82) is 0 Å². The molecule has 21 heavy (non-hydrogen) atoms. The molecule has 1 aliphatic heterocycles. The number of aryl methyl sites for hydroxylation is 2. The molecule has 2 aliphatic rings. The van der Waals surface area contributed by atoms with Crippen LogP contribution in [0.2, 0.25) is 0 Å². The first-order valence-corrected chi connectivity index (χ1v) is 8.67. The zero-order chi connectivity index (χ0) is 14.7. The number of hydrogen-bond donors (Lipinski definition) is 1. The van der Waals surface area contributed by atoms with Gasteiger partial charge in [0.1, 0.15) is 0 Å².